The number of benzene rings is 1. The molecule has 1 fully saturated rings. The Morgan fingerprint density at radius 1 is 1.08 bits per heavy atom. The summed E-state index contributed by atoms with van der Waals surface area (Å²) in [5.41, 5.74) is 2.61. The second-order valence-corrected chi connectivity index (χ2v) is 8.86. The van der Waals surface area contributed by atoms with Gasteiger partial charge in [-0.15, -0.1) is 13.2 Å². The van der Waals surface area contributed by atoms with Gasteiger partial charge in [0.1, 0.15) is 23.0 Å². The average Bonchev–Trinajstić information content (AvgIpc) is 2.83. The summed E-state index contributed by atoms with van der Waals surface area (Å²) < 4.78 is 43.1. The number of aryl methyl sites for hydroxylation is 1. The van der Waals surface area contributed by atoms with Gasteiger partial charge in [-0.1, -0.05) is 6.07 Å². The summed E-state index contributed by atoms with van der Waals surface area (Å²) in [5.74, 6) is -0.434. The number of ether oxygens (including phenoxy) is 1. The van der Waals surface area contributed by atoms with E-state index < -0.39 is 12.1 Å². The fraction of sp³-hybridized carbons (Fsp3) is 0.360. The van der Waals surface area contributed by atoms with Crippen LogP contribution in [0, 0.1) is 22.7 Å². The fourth-order valence-corrected chi connectivity index (χ4v) is 4.56. The molecule has 2 atom stereocenters. The van der Waals surface area contributed by atoms with Crippen molar-refractivity contribution >= 4 is 16.7 Å². The molecular weight excluding hydrogens is 473 g/mol. The van der Waals surface area contributed by atoms with Crippen molar-refractivity contribution in [2.75, 3.05) is 18.0 Å². The third-order valence-corrected chi connectivity index (χ3v) is 6.42. The van der Waals surface area contributed by atoms with E-state index in [1.807, 2.05) is 26.0 Å². The summed E-state index contributed by atoms with van der Waals surface area (Å²) in [7, 11) is 1.66. The van der Waals surface area contributed by atoms with Gasteiger partial charge < -0.3 is 14.2 Å². The monoisotopic (exact) mass is 496 g/mol. The summed E-state index contributed by atoms with van der Waals surface area (Å²) in [5, 5.41) is 18.8. The van der Waals surface area contributed by atoms with E-state index in [1.165, 1.54) is 22.8 Å². The minimum absolute atomic E-state index is 0.0166. The summed E-state index contributed by atoms with van der Waals surface area (Å²) in [6.07, 6.45) is -4.83. The molecule has 186 valence electrons. The zero-order valence-electron chi connectivity index (χ0n) is 19.9. The van der Waals surface area contributed by atoms with Crippen molar-refractivity contribution in [3.63, 3.8) is 0 Å². The number of nitrogens with zero attached hydrogens (tertiary/aromatic N) is 6. The predicted molar refractivity (Wildman–Crippen MR) is 126 cm³/mol. The second kappa shape index (κ2) is 9.51. The van der Waals surface area contributed by atoms with Crippen molar-refractivity contribution < 1.29 is 17.9 Å². The largest absolute Gasteiger partial charge is 0.573 e. The van der Waals surface area contributed by atoms with Gasteiger partial charge in [0.15, 0.2) is 0 Å². The highest BCUT2D eigenvalue weighted by molar-refractivity contribution is 5.89. The molecule has 0 bridgehead atoms. The Morgan fingerprint density at radius 3 is 2.50 bits per heavy atom. The Bertz CT molecular complexity index is 1450. The van der Waals surface area contributed by atoms with Crippen LogP contribution in [0.3, 0.4) is 0 Å². The maximum absolute atomic E-state index is 12.7. The Hall–Kier alpha value is -4.09. The molecule has 0 saturated carbocycles. The van der Waals surface area contributed by atoms with Crippen LogP contribution < -0.4 is 15.2 Å². The maximum atomic E-state index is 12.7. The minimum Gasteiger partial charge on any atom is -0.406 e. The van der Waals surface area contributed by atoms with Crippen LogP contribution in [0.4, 0.5) is 18.9 Å². The van der Waals surface area contributed by atoms with E-state index in [4.69, 9.17) is 0 Å². The standard InChI is InChI=1S/C25H23F3N6O2/c1-15-13-34(22-9-23(35)32(3)21-7-5-19(11-30)31-24(21)22)16(2)12-33(15)14-17-4-6-20(8-18(17)10-29)36-25(26,27)28/h4-9,15-16H,12-14H2,1-3H3/t15-,16+/m1/s1. The third kappa shape index (κ3) is 4.97. The highest BCUT2D eigenvalue weighted by Gasteiger charge is 2.33. The Kier molecular flexibility index (Phi) is 6.61. The molecule has 8 nitrogen and oxygen atoms in total. The maximum Gasteiger partial charge on any atom is 0.573 e. The minimum atomic E-state index is -4.83. The summed E-state index contributed by atoms with van der Waals surface area (Å²) >= 11 is 0. The van der Waals surface area contributed by atoms with E-state index in [2.05, 4.69) is 19.5 Å². The lowest BCUT2D eigenvalue weighted by Crippen LogP contribution is -2.56. The molecule has 0 aliphatic carbocycles. The van der Waals surface area contributed by atoms with Gasteiger partial charge in [0, 0.05) is 44.8 Å². The first-order chi connectivity index (χ1) is 17.0. The number of rotatable bonds is 4. The number of pyridine rings is 2. The summed E-state index contributed by atoms with van der Waals surface area (Å²) in [4.78, 5) is 21.3. The number of halogens is 3. The first kappa shape index (κ1) is 25.0. The van der Waals surface area contributed by atoms with Crippen molar-refractivity contribution in [2.45, 2.75) is 38.8 Å². The molecule has 36 heavy (non-hydrogen) atoms. The molecule has 1 aromatic carbocycles. The number of fused-ring (bicyclic) bond motifs is 1. The predicted octanol–water partition coefficient (Wildman–Crippen LogP) is 3.67. The molecule has 0 N–H and O–H groups in total. The van der Waals surface area contributed by atoms with E-state index in [1.54, 1.807) is 19.2 Å². The quantitative estimate of drug-likeness (QED) is 0.544. The molecule has 0 spiro atoms. The van der Waals surface area contributed by atoms with Crippen molar-refractivity contribution in [1.29, 1.82) is 10.5 Å². The van der Waals surface area contributed by atoms with E-state index in [-0.39, 0.29) is 28.9 Å². The molecule has 4 rings (SSSR count). The van der Waals surface area contributed by atoms with Crippen LogP contribution in [0.1, 0.15) is 30.7 Å². The number of hydrogen-bond acceptors (Lipinski definition) is 7. The molecule has 0 radical (unpaired) electrons. The highest BCUT2D eigenvalue weighted by atomic mass is 19.4. The summed E-state index contributed by atoms with van der Waals surface area (Å²) in [6.45, 7) is 5.48. The lowest BCUT2D eigenvalue weighted by molar-refractivity contribution is -0.274. The zero-order chi connectivity index (χ0) is 26.2. The highest BCUT2D eigenvalue weighted by Crippen LogP contribution is 2.30. The van der Waals surface area contributed by atoms with E-state index in [0.717, 1.165) is 6.07 Å². The molecule has 1 aliphatic rings. The third-order valence-electron chi connectivity index (χ3n) is 6.42. The first-order valence-corrected chi connectivity index (χ1v) is 11.2. The smallest absolute Gasteiger partial charge is 0.406 e. The van der Waals surface area contributed by atoms with Crippen molar-refractivity contribution in [1.82, 2.24) is 14.5 Å². The number of piperazine rings is 1. The number of aromatic nitrogens is 2. The van der Waals surface area contributed by atoms with E-state index in [9.17, 15) is 28.5 Å². The number of anilines is 1. The number of nitriles is 2. The molecular formula is C25H23F3N6O2. The van der Waals surface area contributed by atoms with Crippen LogP contribution in [0.25, 0.3) is 11.0 Å². The van der Waals surface area contributed by atoms with Gasteiger partial charge in [-0.25, -0.2) is 4.98 Å². The lowest BCUT2D eigenvalue weighted by Gasteiger charge is -2.45. The van der Waals surface area contributed by atoms with E-state index >= 15 is 0 Å². The van der Waals surface area contributed by atoms with Gasteiger partial charge in [0.05, 0.1) is 22.8 Å². The molecule has 3 aromatic rings. The summed E-state index contributed by atoms with van der Waals surface area (Å²) in [6, 6.07) is 12.5. The van der Waals surface area contributed by atoms with Gasteiger partial charge >= 0.3 is 6.36 Å². The van der Waals surface area contributed by atoms with Crippen molar-refractivity contribution in [3.05, 3.63) is 63.6 Å². The lowest BCUT2D eigenvalue weighted by atomic mass is 10.0. The number of alkyl halides is 3. The van der Waals surface area contributed by atoms with Crippen LogP contribution in [0.2, 0.25) is 0 Å². The Balaban J connectivity index is 1.61. The molecule has 3 heterocycles. The van der Waals surface area contributed by atoms with Gasteiger partial charge in [-0.05, 0) is 43.7 Å². The number of hydrogen-bond donors (Lipinski definition) is 0. The topological polar surface area (TPSA) is 98.2 Å². The second-order valence-electron chi connectivity index (χ2n) is 8.86. The molecule has 11 heteroatoms. The van der Waals surface area contributed by atoms with Crippen LogP contribution in [-0.4, -0.2) is 46.0 Å². The van der Waals surface area contributed by atoms with Gasteiger partial charge in [-0.2, -0.15) is 10.5 Å². The van der Waals surface area contributed by atoms with Crippen LogP contribution in [0.15, 0.2) is 41.2 Å². The Morgan fingerprint density at radius 2 is 1.83 bits per heavy atom. The zero-order valence-corrected chi connectivity index (χ0v) is 19.9. The first-order valence-electron chi connectivity index (χ1n) is 11.2. The van der Waals surface area contributed by atoms with Crippen molar-refractivity contribution in [2.24, 2.45) is 7.05 Å². The van der Waals surface area contributed by atoms with Crippen LogP contribution in [-0.2, 0) is 13.6 Å². The van der Waals surface area contributed by atoms with Gasteiger partial charge in [0.2, 0.25) is 0 Å². The van der Waals surface area contributed by atoms with Gasteiger partial charge in [0.25, 0.3) is 5.56 Å². The average molecular weight is 496 g/mol. The molecule has 0 unspecified atom stereocenters. The van der Waals surface area contributed by atoms with Crippen LogP contribution >= 0.6 is 0 Å². The molecule has 1 saturated heterocycles. The molecule has 1 aliphatic heterocycles. The SMILES string of the molecule is C[C@@H]1CN(c2cc(=O)n(C)c3ccc(C#N)nc23)[C@@H](C)CN1Cc1ccc(OC(F)(F)F)cc1C#N. The normalized spacial score (nSPS) is 18.6. The fourth-order valence-electron chi connectivity index (χ4n) is 4.56. The molecule has 0 amide bonds. The Labute approximate surface area is 205 Å². The van der Waals surface area contributed by atoms with E-state index in [0.29, 0.717) is 41.9 Å². The molecule has 2 aromatic heterocycles. The van der Waals surface area contributed by atoms with Crippen molar-refractivity contribution in [3.8, 4) is 17.9 Å². The van der Waals surface area contributed by atoms with Crippen LogP contribution in [0.5, 0.6) is 5.75 Å². The van der Waals surface area contributed by atoms with Gasteiger partial charge in [-0.3, -0.25) is 9.69 Å².